The van der Waals surface area contributed by atoms with Crippen LogP contribution in [-0.4, -0.2) is 53.6 Å². The number of benzene rings is 1. The monoisotopic (exact) mass is 341 g/mol. The molecule has 0 spiro atoms. The van der Waals surface area contributed by atoms with E-state index in [1.54, 1.807) is 6.07 Å². The van der Waals surface area contributed by atoms with Crippen LogP contribution < -0.4 is 0 Å². The normalized spacial score (nSPS) is 21.3. The van der Waals surface area contributed by atoms with Crippen LogP contribution in [-0.2, 0) is 0 Å². The zero-order chi connectivity index (χ0) is 18.0. The first-order valence-electron chi connectivity index (χ1n) is 9.03. The van der Waals surface area contributed by atoms with Gasteiger partial charge in [-0.1, -0.05) is 48.8 Å². The maximum atomic E-state index is 12.8. The van der Waals surface area contributed by atoms with E-state index in [1.165, 1.54) is 5.56 Å². The molecular weight excluding hydrogens is 314 g/mol. The lowest BCUT2D eigenvalue weighted by molar-refractivity contribution is 0.0485. The summed E-state index contributed by atoms with van der Waals surface area (Å²) in [4.78, 5) is 17.1. The molecule has 1 aromatic heterocycles. The third kappa shape index (κ3) is 3.76. The molecule has 2 heterocycles. The minimum atomic E-state index is -0.0901. The summed E-state index contributed by atoms with van der Waals surface area (Å²) in [5, 5.41) is 4.08. The highest BCUT2D eigenvalue weighted by Gasteiger charge is 2.32. The van der Waals surface area contributed by atoms with Crippen molar-refractivity contribution in [1.82, 2.24) is 15.0 Å². The molecule has 0 bridgehead atoms. The van der Waals surface area contributed by atoms with Crippen molar-refractivity contribution in [3.05, 3.63) is 41.7 Å². The Balaban J connectivity index is 1.72. The van der Waals surface area contributed by atoms with Crippen LogP contribution in [0.4, 0.5) is 0 Å². The van der Waals surface area contributed by atoms with Gasteiger partial charge in [-0.15, -0.1) is 0 Å². The maximum absolute atomic E-state index is 12.8. The van der Waals surface area contributed by atoms with Gasteiger partial charge in [0.05, 0.1) is 0 Å². The largest absolute Gasteiger partial charge is 0.350 e. The van der Waals surface area contributed by atoms with Gasteiger partial charge in [-0.05, 0) is 25.8 Å². The Morgan fingerprint density at radius 3 is 2.72 bits per heavy atom. The molecule has 1 amide bonds. The zero-order valence-electron chi connectivity index (χ0n) is 15.5. The molecule has 1 aromatic carbocycles. The van der Waals surface area contributed by atoms with E-state index in [9.17, 15) is 4.79 Å². The van der Waals surface area contributed by atoms with Gasteiger partial charge in [0.15, 0.2) is 0 Å². The quantitative estimate of drug-likeness (QED) is 0.855. The smallest absolute Gasteiger partial charge is 0.292 e. The third-order valence-electron chi connectivity index (χ3n) is 5.28. The Labute approximate surface area is 149 Å². The number of hydrogen-bond acceptors (Lipinski definition) is 4. The molecular formula is C20H27N3O2. The van der Waals surface area contributed by atoms with Crippen molar-refractivity contribution in [3.63, 3.8) is 0 Å². The van der Waals surface area contributed by atoms with Gasteiger partial charge < -0.3 is 14.3 Å². The number of piperidine rings is 1. The van der Waals surface area contributed by atoms with Crippen LogP contribution in [0.1, 0.15) is 36.4 Å². The zero-order valence-corrected chi connectivity index (χ0v) is 15.5. The number of carbonyl (C=O) groups is 1. The fraction of sp³-hybridized carbons (Fsp3) is 0.500. The summed E-state index contributed by atoms with van der Waals surface area (Å²) in [6, 6.07) is 10.0. The average Bonchev–Trinajstić information content (AvgIpc) is 3.11. The van der Waals surface area contributed by atoms with Crippen molar-refractivity contribution in [3.8, 4) is 11.3 Å². The Morgan fingerprint density at radius 1 is 1.36 bits per heavy atom. The number of carbonyl (C=O) groups excluding carboxylic acids is 1. The molecule has 0 unspecified atom stereocenters. The van der Waals surface area contributed by atoms with Crippen LogP contribution in [0.25, 0.3) is 11.3 Å². The number of amides is 1. The van der Waals surface area contributed by atoms with E-state index in [1.807, 2.05) is 43.1 Å². The number of likely N-dealkylation sites (tertiary alicyclic amines) is 1. The lowest BCUT2D eigenvalue weighted by Crippen LogP contribution is -2.50. The Bertz CT molecular complexity index is 723. The second kappa shape index (κ2) is 7.40. The number of hydrogen-bond donors (Lipinski definition) is 0. The predicted octanol–water partition coefficient (Wildman–Crippen LogP) is 3.45. The number of aromatic nitrogens is 1. The second-order valence-electron chi connectivity index (χ2n) is 7.09. The number of rotatable bonds is 4. The Morgan fingerprint density at radius 2 is 2.08 bits per heavy atom. The molecule has 5 heteroatoms. The van der Waals surface area contributed by atoms with Crippen molar-refractivity contribution in [1.29, 1.82) is 0 Å². The summed E-state index contributed by atoms with van der Waals surface area (Å²) in [6.07, 6.45) is 0.996. The standard InChI is InChI=1S/C20H27N3O2/c1-5-23-11-10-18(15(3)13-23)22(4)20(24)19-12-17(21-25-19)16-8-6-14(2)7-9-16/h6-9,12,15,18H,5,10-11,13H2,1-4H3/t15-,18-/m1/s1. The van der Waals surface area contributed by atoms with Gasteiger partial charge in [-0.25, -0.2) is 0 Å². The van der Waals surface area contributed by atoms with Crippen molar-refractivity contribution < 1.29 is 9.32 Å². The summed E-state index contributed by atoms with van der Waals surface area (Å²) in [7, 11) is 1.87. The topological polar surface area (TPSA) is 49.6 Å². The number of nitrogens with zero attached hydrogens (tertiary/aromatic N) is 3. The van der Waals surface area contributed by atoms with Crippen molar-refractivity contribution in [2.45, 2.75) is 33.2 Å². The summed E-state index contributed by atoms with van der Waals surface area (Å²) >= 11 is 0. The Kier molecular flexibility index (Phi) is 5.23. The molecule has 2 aromatic rings. The lowest BCUT2D eigenvalue weighted by Gasteiger charge is -2.40. The minimum absolute atomic E-state index is 0.0901. The van der Waals surface area contributed by atoms with Crippen LogP contribution >= 0.6 is 0 Å². The van der Waals surface area contributed by atoms with Crippen LogP contribution in [0.15, 0.2) is 34.9 Å². The average molecular weight is 341 g/mol. The molecule has 5 nitrogen and oxygen atoms in total. The van der Waals surface area contributed by atoms with Crippen molar-refractivity contribution in [2.24, 2.45) is 5.92 Å². The van der Waals surface area contributed by atoms with Crippen LogP contribution in [0.5, 0.6) is 0 Å². The van der Waals surface area contributed by atoms with E-state index in [-0.39, 0.29) is 11.9 Å². The van der Waals surface area contributed by atoms with Crippen molar-refractivity contribution >= 4 is 5.91 Å². The first-order valence-corrected chi connectivity index (χ1v) is 9.03. The fourth-order valence-electron chi connectivity index (χ4n) is 3.64. The predicted molar refractivity (Wildman–Crippen MR) is 98.5 cm³/mol. The van der Waals surface area contributed by atoms with Gasteiger partial charge in [-0.3, -0.25) is 4.79 Å². The van der Waals surface area contributed by atoms with E-state index in [4.69, 9.17) is 4.52 Å². The molecule has 134 valence electrons. The molecule has 0 aliphatic carbocycles. The molecule has 1 fully saturated rings. The molecule has 2 atom stereocenters. The van der Waals surface area contributed by atoms with Gasteiger partial charge in [0.25, 0.3) is 5.91 Å². The molecule has 0 saturated carbocycles. The fourth-order valence-corrected chi connectivity index (χ4v) is 3.64. The second-order valence-corrected chi connectivity index (χ2v) is 7.09. The molecule has 25 heavy (non-hydrogen) atoms. The van der Waals surface area contributed by atoms with Crippen LogP contribution in [0.2, 0.25) is 0 Å². The molecule has 0 N–H and O–H groups in total. The molecule has 3 rings (SSSR count). The summed E-state index contributed by atoms with van der Waals surface area (Å²) < 4.78 is 5.35. The highest BCUT2D eigenvalue weighted by atomic mass is 16.5. The summed E-state index contributed by atoms with van der Waals surface area (Å²) in [5.74, 6) is 0.665. The van der Waals surface area contributed by atoms with Gasteiger partial charge in [0.1, 0.15) is 5.69 Å². The van der Waals surface area contributed by atoms with Gasteiger partial charge in [-0.2, -0.15) is 0 Å². The minimum Gasteiger partial charge on any atom is -0.350 e. The van der Waals surface area contributed by atoms with Gasteiger partial charge in [0.2, 0.25) is 5.76 Å². The van der Waals surface area contributed by atoms with E-state index >= 15 is 0 Å². The maximum Gasteiger partial charge on any atom is 0.292 e. The lowest BCUT2D eigenvalue weighted by atomic mass is 9.92. The van der Waals surface area contributed by atoms with Crippen LogP contribution in [0.3, 0.4) is 0 Å². The van der Waals surface area contributed by atoms with E-state index in [0.29, 0.717) is 17.4 Å². The molecule has 1 aliphatic heterocycles. The third-order valence-corrected chi connectivity index (χ3v) is 5.28. The molecule has 1 aliphatic rings. The number of aryl methyl sites for hydroxylation is 1. The first kappa shape index (κ1) is 17.7. The van der Waals surface area contributed by atoms with E-state index < -0.39 is 0 Å². The first-order chi connectivity index (χ1) is 12.0. The van der Waals surface area contributed by atoms with E-state index in [0.717, 1.165) is 31.6 Å². The van der Waals surface area contributed by atoms with Gasteiger partial charge in [0, 0.05) is 37.8 Å². The SMILES string of the molecule is CCN1CC[C@@H](N(C)C(=O)c2cc(-c3ccc(C)cc3)no2)[C@H](C)C1. The van der Waals surface area contributed by atoms with Crippen LogP contribution in [0, 0.1) is 12.8 Å². The summed E-state index contributed by atoms with van der Waals surface area (Å²) in [5.41, 5.74) is 2.85. The Hall–Kier alpha value is -2.14. The van der Waals surface area contributed by atoms with Crippen molar-refractivity contribution in [2.75, 3.05) is 26.7 Å². The summed E-state index contributed by atoms with van der Waals surface area (Å²) in [6.45, 7) is 9.58. The van der Waals surface area contributed by atoms with E-state index in [2.05, 4.69) is 23.9 Å². The molecule has 0 radical (unpaired) electrons. The van der Waals surface area contributed by atoms with Gasteiger partial charge >= 0.3 is 0 Å². The molecule has 1 saturated heterocycles. The highest BCUT2D eigenvalue weighted by molar-refractivity contribution is 5.92. The highest BCUT2D eigenvalue weighted by Crippen LogP contribution is 2.24.